The van der Waals surface area contributed by atoms with Crippen LogP contribution in [0.25, 0.3) is 0 Å². The first-order valence-electron chi connectivity index (χ1n) is 7.09. The maximum absolute atomic E-state index is 12.2. The van der Waals surface area contributed by atoms with Crippen molar-refractivity contribution in [3.8, 4) is 5.75 Å². The molecular formula is C15H22Cl2N2O2. The van der Waals surface area contributed by atoms with Gasteiger partial charge in [-0.1, -0.05) is 31.4 Å². The summed E-state index contributed by atoms with van der Waals surface area (Å²) in [5, 5.41) is 3.63. The van der Waals surface area contributed by atoms with Crippen LogP contribution in [0, 0.1) is 0 Å². The number of nitrogens with two attached hydrogens (primary N) is 1. The van der Waals surface area contributed by atoms with Crippen molar-refractivity contribution in [3.05, 3.63) is 28.8 Å². The van der Waals surface area contributed by atoms with Crippen LogP contribution in [0.4, 0.5) is 0 Å². The maximum Gasteiger partial charge on any atom is 0.261 e. The molecule has 4 nitrogen and oxygen atoms in total. The maximum atomic E-state index is 12.2. The lowest BCUT2D eigenvalue weighted by Gasteiger charge is -2.19. The Labute approximate surface area is 136 Å². The minimum atomic E-state index is -0.473. The zero-order valence-corrected chi connectivity index (χ0v) is 13.7. The summed E-state index contributed by atoms with van der Waals surface area (Å²) in [7, 11) is 0. The average molecular weight is 333 g/mol. The molecule has 1 amide bonds. The van der Waals surface area contributed by atoms with Gasteiger partial charge in [0.25, 0.3) is 5.91 Å². The Kier molecular flexibility index (Phi) is 7.29. The quantitative estimate of drug-likeness (QED) is 0.841. The normalized spacial score (nSPS) is 17.4. The van der Waals surface area contributed by atoms with E-state index in [-0.39, 0.29) is 24.4 Å². The van der Waals surface area contributed by atoms with E-state index in [1.807, 2.05) is 12.1 Å². The fourth-order valence-corrected chi connectivity index (χ4v) is 2.55. The van der Waals surface area contributed by atoms with Crippen molar-refractivity contribution >= 4 is 29.9 Å². The summed E-state index contributed by atoms with van der Waals surface area (Å²) < 4.78 is 5.66. The van der Waals surface area contributed by atoms with Crippen LogP contribution in [0.5, 0.6) is 5.75 Å². The van der Waals surface area contributed by atoms with E-state index in [2.05, 4.69) is 12.2 Å². The molecule has 1 aliphatic rings. The first kappa shape index (κ1) is 18.1. The molecule has 6 heteroatoms. The number of hydrogen-bond acceptors (Lipinski definition) is 3. The summed E-state index contributed by atoms with van der Waals surface area (Å²) in [4.78, 5) is 12.2. The number of fused-ring (bicyclic) bond motifs is 1. The number of ether oxygens (including phenoxy) is 1. The van der Waals surface area contributed by atoms with E-state index < -0.39 is 6.10 Å². The topological polar surface area (TPSA) is 64.3 Å². The molecule has 2 rings (SSSR count). The molecule has 0 saturated heterocycles. The lowest BCUT2D eigenvalue weighted by molar-refractivity contribution is -0.127. The molecule has 0 bridgehead atoms. The van der Waals surface area contributed by atoms with E-state index in [1.165, 1.54) is 0 Å². The Balaban J connectivity index is 0.00000220. The van der Waals surface area contributed by atoms with Crippen molar-refractivity contribution in [1.82, 2.24) is 5.32 Å². The molecule has 1 aromatic carbocycles. The van der Waals surface area contributed by atoms with Gasteiger partial charge in [-0.05, 0) is 30.2 Å². The van der Waals surface area contributed by atoms with Gasteiger partial charge in [0.2, 0.25) is 0 Å². The number of carbonyl (C=O) groups excluding carboxylic acids is 1. The first-order valence-corrected chi connectivity index (χ1v) is 7.47. The van der Waals surface area contributed by atoms with E-state index in [0.29, 0.717) is 18.0 Å². The first-order chi connectivity index (χ1) is 9.63. The van der Waals surface area contributed by atoms with E-state index in [0.717, 1.165) is 30.6 Å². The van der Waals surface area contributed by atoms with E-state index in [1.54, 1.807) is 6.07 Å². The van der Waals surface area contributed by atoms with Gasteiger partial charge < -0.3 is 15.8 Å². The third kappa shape index (κ3) is 4.77. The molecule has 118 valence electrons. The molecule has 2 unspecified atom stereocenters. The average Bonchev–Trinajstić information content (AvgIpc) is 2.86. The molecular weight excluding hydrogens is 311 g/mol. The van der Waals surface area contributed by atoms with Crippen molar-refractivity contribution in [2.75, 3.05) is 6.54 Å². The molecule has 0 spiro atoms. The number of amides is 1. The molecule has 0 aromatic heterocycles. The molecule has 1 heterocycles. The van der Waals surface area contributed by atoms with Gasteiger partial charge in [-0.15, -0.1) is 12.4 Å². The zero-order chi connectivity index (χ0) is 14.5. The third-order valence-electron chi connectivity index (χ3n) is 3.53. The molecule has 0 radical (unpaired) electrons. The van der Waals surface area contributed by atoms with E-state index >= 15 is 0 Å². The SMILES string of the molecule is CCCCC(CN)NC(=O)C1Cc2cc(Cl)ccc2O1.Cl. The largest absolute Gasteiger partial charge is 0.480 e. The lowest BCUT2D eigenvalue weighted by Crippen LogP contribution is -2.46. The van der Waals surface area contributed by atoms with Crippen LogP contribution >= 0.6 is 24.0 Å². The predicted molar refractivity (Wildman–Crippen MR) is 87.3 cm³/mol. The van der Waals surface area contributed by atoms with Crippen molar-refractivity contribution in [1.29, 1.82) is 0 Å². The smallest absolute Gasteiger partial charge is 0.261 e. The summed E-state index contributed by atoms with van der Waals surface area (Å²) in [6.45, 7) is 2.58. The second-order valence-electron chi connectivity index (χ2n) is 5.15. The molecule has 2 atom stereocenters. The van der Waals surface area contributed by atoms with Gasteiger partial charge in [0.15, 0.2) is 6.10 Å². The molecule has 0 saturated carbocycles. The molecule has 1 aromatic rings. The fourth-order valence-electron chi connectivity index (χ4n) is 2.36. The number of benzene rings is 1. The minimum Gasteiger partial charge on any atom is -0.480 e. The number of nitrogens with one attached hydrogen (secondary N) is 1. The van der Waals surface area contributed by atoms with Crippen LogP contribution in [-0.4, -0.2) is 24.6 Å². The molecule has 3 N–H and O–H groups in total. The standard InChI is InChI=1S/C15H21ClN2O2.ClH/c1-2-3-4-12(9-17)18-15(19)14-8-10-7-11(16)5-6-13(10)20-14;/h5-7,12,14H,2-4,8-9,17H2,1H3,(H,18,19);1H. The van der Waals surface area contributed by atoms with Crippen LogP contribution in [-0.2, 0) is 11.2 Å². The number of halogens is 2. The second-order valence-corrected chi connectivity index (χ2v) is 5.58. The fraction of sp³-hybridized carbons (Fsp3) is 0.533. The highest BCUT2D eigenvalue weighted by atomic mass is 35.5. The van der Waals surface area contributed by atoms with Gasteiger partial charge in [0, 0.05) is 24.0 Å². The Morgan fingerprint density at radius 1 is 1.57 bits per heavy atom. The Hall–Kier alpha value is -0.970. The van der Waals surface area contributed by atoms with Crippen molar-refractivity contribution < 1.29 is 9.53 Å². The van der Waals surface area contributed by atoms with E-state index in [9.17, 15) is 4.79 Å². The van der Waals surface area contributed by atoms with Gasteiger partial charge >= 0.3 is 0 Å². The Morgan fingerprint density at radius 2 is 2.33 bits per heavy atom. The molecule has 21 heavy (non-hydrogen) atoms. The number of carbonyl (C=O) groups is 1. The monoisotopic (exact) mass is 332 g/mol. The number of hydrogen-bond donors (Lipinski definition) is 2. The van der Waals surface area contributed by atoms with Crippen LogP contribution in [0.1, 0.15) is 31.7 Å². The van der Waals surface area contributed by atoms with Gasteiger partial charge in [-0.25, -0.2) is 0 Å². The summed E-state index contributed by atoms with van der Waals surface area (Å²) in [6, 6.07) is 5.45. The van der Waals surface area contributed by atoms with Crippen LogP contribution in [0.2, 0.25) is 5.02 Å². The van der Waals surface area contributed by atoms with Crippen molar-refractivity contribution in [3.63, 3.8) is 0 Å². The number of unbranched alkanes of at least 4 members (excludes halogenated alkanes) is 1. The lowest BCUT2D eigenvalue weighted by atomic mass is 10.1. The molecule has 0 aliphatic carbocycles. The zero-order valence-electron chi connectivity index (χ0n) is 12.1. The predicted octanol–water partition coefficient (Wildman–Crippen LogP) is 2.70. The summed E-state index contributed by atoms with van der Waals surface area (Å²) in [6.07, 6.45) is 3.15. The summed E-state index contributed by atoms with van der Waals surface area (Å²) in [5.41, 5.74) is 6.67. The molecule has 0 fully saturated rings. The highest BCUT2D eigenvalue weighted by Crippen LogP contribution is 2.31. The van der Waals surface area contributed by atoms with Gasteiger partial charge in [-0.2, -0.15) is 0 Å². The van der Waals surface area contributed by atoms with Gasteiger partial charge in [0.1, 0.15) is 5.75 Å². The molecule has 1 aliphatic heterocycles. The summed E-state index contributed by atoms with van der Waals surface area (Å²) in [5.74, 6) is 0.649. The van der Waals surface area contributed by atoms with Crippen LogP contribution in [0.3, 0.4) is 0 Å². The third-order valence-corrected chi connectivity index (χ3v) is 3.76. The second kappa shape index (κ2) is 8.47. The number of rotatable bonds is 6. The Morgan fingerprint density at radius 3 is 3.00 bits per heavy atom. The van der Waals surface area contributed by atoms with Crippen molar-refractivity contribution in [2.45, 2.75) is 44.8 Å². The minimum absolute atomic E-state index is 0. The van der Waals surface area contributed by atoms with Crippen LogP contribution < -0.4 is 15.8 Å². The van der Waals surface area contributed by atoms with E-state index in [4.69, 9.17) is 22.1 Å². The Bertz CT molecular complexity index is 483. The van der Waals surface area contributed by atoms with Crippen LogP contribution in [0.15, 0.2) is 18.2 Å². The van der Waals surface area contributed by atoms with Crippen molar-refractivity contribution in [2.24, 2.45) is 5.73 Å². The van der Waals surface area contributed by atoms with Gasteiger partial charge in [-0.3, -0.25) is 4.79 Å². The highest BCUT2D eigenvalue weighted by molar-refractivity contribution is 6.30. The van der Waals surface area contributed by atoms with Gasteiger partial charge in [0.05, 0.1) is 0 Å². The summed E-state index contributed by atoms with van der Waals surface area (Å²) >= 11 is 5.94. The highest BCUT2D eigenvalue weighted by Gasteiger charge is 2.30.